The molecule has 0 amide bonds. The van der Waals surface area contributed by atoms with Gasteiger partial charge in [-0.05, 0) is 12.1 Å². The summed E-state index contributed by atoms with van der Waals surface area (Å²) in [5.74, 6) is -3.89. The molecular formula is C11H7ClF3NS. The molecule has 6 heteroatoms. The van der Waals surface area contributed by atoms with Gasteiger partial charge in [-0.2, -0.15) is 0 Å². The van der Waals surface area contributed by atoms with Crippen LogP contribution in [-0.4, -0.2) is 0 Å². The number of hydrogen-bond donors (Lipinski definition) is 1. The molecule has 1 nitrogen and oxygen atoms in total. The van der Waals surface area contributed by atoms with Gasteiger partial charge in [0.2, 0.25) is 0 Å². The third kappa shape index (κ3) is 2.92. The fourth-order valence-electron chi connectivity index (χ4n) is 1.29. The third-order valence-electron chi connectivity index (χ3n) is 2.08. The van der Waals surface area contributed by atoms with Crippen LogP contribution in [0.25, 0.3) is 0 Å². The first-order chi connectivity index (χ1) is 8.06. The summed E-state index contributed by atoms with van der Waals surface area (Å²) in [7, 11) is 0. The molecule has 1 aromatic carbocycles. The molecule has 0 saturated heterocycles. The van der Waals surface area contributed by atoms with Crippen molar-refractivity contribution in [1.29, 1.82) is 0 Å². The van der Waals surface area contributed by atoms with Crippen molar-refractivity contribution in [3.8, 4) is 0 Å². The molecule has 1 heterocycles. The maximum atomic E-state index is 12.9. The Morgan fingerprint density at radius 2 is 1.76 bits per heavy atom. The molecule has 0 aliphatic heterocycles. The Morgan fingerprint density at radius 1 is 1.12 bits per heavy atom. The van der Waals surface area contributed by atoms with E-state index in [1.807, 2.05) is 0 Å². The van der Waals surface area contributed by atoms with Gasteiger partial charge in [-0.1, -0.05) is 11.6 Å². The second-order valence-electron chi connectivity index (χ2n) is 3.31. The minimum absolute atomic E-state index is 0.186. The van der Waals surface area contributed by atoms with E-state index in [1.54, 1.807) is 12.1 Å². The van der Waals surface area contributed by atoms with Gasteiger partial charge in [0.1, 0.15) is 0 Å². The number of benzene rings is 1. The maximum Gasteiger partial charge on any atom is 0.194 e. The molecule has 0 aliphatic carbocycles. The zero-order chi connectivity index (χ0) is 12.4. The molecule has 0 bridgehead atoms. The number of anilines is 1. The van der Waals surface area contributed by atoms with Crippen LogP contribution in [0.1, 0.15) is 4.88 Å². The molecule has 2 aromatic rings. The van der Waals surface area contributed by atoms with Gasteiger partial charge in [0.25, 0.3) is 0 Å². The third-order valence-corrected chi connectivity index (χ3v) is 3.31. The quantitative estimate of drug-likeness (QED) is 0.819. The van der Waals surface area contributed by atoms with Crippen LogP contribution in [-0.2, 0) is 6.54 Å². The molecule has 1 N–H and O–H groups in total. The minimum atomic E-state index is -1.46. The van der Waals surface area contributed by atoms with Crippen LogP contribution in [0.15, 0.2) is 24.3 Å². The van der Waals surface area contributed by atoms with Gasteiger partial charge in [-0.3, -0.25) is 0 Å². The number of thiophene rings is 1. The lowest BCUT2D eigenvalue weighted by Gasteiger charge is -2.05. The van der Waals surface area contributed by atoms with E-state index in [4.69, 9.17) is 11.6 Å². The van der Waals surface area contributed by atoms with Crippen LogP contribution in [0.4, 0.5) is 18.9 Å². The highest BCUT2D eigenvalue weighted by Crippen LogP contribution is 2.23. The van der Waals surface area contributed by atoms with Crippen molar-refractivity contribution in [2.45, 2.75) is 6.54 Å². The molecule has 0 unspecified atom stereocenters. The fourth-order valence-corrected chi connectivity index (χ4v) is 2.32. The molecule has 90 valence electrons. The van der Waals surface area contributed by atoms with E-state index < -0.39 is 17.5 Å². The predicted molar refractivity (Wildman–Crippen MR) is 63.0 cm³/mol. The van der Waals surface area contributed by atoms with Gasteiger partial charge in [0.15, 0.2) is 17.5 Å². The smallest absolute Gasteiger partial charge is 0.194 e. The second-order valence-corrected chi connectivity index (χ2v) is 5.11. The van der Waals surface area contributed by atoms with E-state index in [-0.39, 0.29) is 5.69 Å². The lowest BCUT2D eigenvalue weighted by molar-refractivity contribution is 0.447. The fraction of sp³-hybridized carbons (Fsp3) is 0.0909. The molecule has 2 rings (SSSR count). The van der Waals surface area contributed by atoms with Crippen LogP contribution in [0, 0.1) is 17.5 Å². The van der Waals surface area contributed by atoms with Gasteiger partial charge in [-0.25, -0.2) is 13.2 Å². The monoisotopic (exact) mass is 277 g/mol. The average Bonchev–Trinajstić information content (AvgIpc) is 2.69. The summed E-state index contributed by atoms with van der Waals surface area (Å²) in [4.78, 5) is 0.917. The highest BCUT2D eigenvalue weighted by Gasteiger charge is 2.10. The summed E-state index contributed by atoms with van der Waals surface area (Å²) >= 11 is 7.09. The second kappa shape index (κ2) is 4.98. The van der Waals surface area contributed by atoms with Crippen molar-refractivity contribution in [2.24, 2.45) is 0 Å². The molecule has 0 radical (unpaired) electrons. The first-order valence-electron chi connectivity index (χ1n) is 4.69. The summed E-state index contributed by atoms with van der Waals surface area (Å²) in [6, 6.07) is 5.35. The summed E-state index contributed by atoms with van der Waals surface area (Å²) in [5.41, 5.74) is 0.186. The predicted octanol–water partition coefficient (Wildman–Crippen LogP) is 4.43. The van der Waals surface area contributed by atoms with Crippen LogP contribution in [0.5, 0.6) is 0 Å². The van der Waals surface area contributed by atoms with E-state index in [1.165, 1.54) is 11.3 Å². The lowest BCUT2D eigenvalue weighted by atomic mass is 10.3. The number of halogens is 4. The van der Waals surface area contributed by atoms with Crippen LogP contribution in [0.3, 0.4) is 0 Å². The van der Waals surface area contributed by atoms with E-state index in [0.717, 1.165) is 17.0 Å². The SMILES string of the molecule is Fc1cc(NCc2ccc(Cl)s2)cc(F)c1F. The summed E-state index contributed by atoms with van der Waals surface area (Å²) < 4.78 is 39.1. The Morgan fingerprint density at radius 3 is 2.29 bits per heavy atom. The Bertz CT molecular complexity index is 518. The van der Waals surface area contributed by atoms with E-state index in [9.17, 15) is 13.2 Å². The number of nitrogens with one attached hydrogen (secondary N) is 1. The molecule has 17 heavy (non-hydrogen) atoms. The highest BCUT2D eigenvalue weighted by atomic mass is 35.5. The Kier molecular flexibility index (Phi) is 3.59. The van der Waals surface area contributed by atoms with E-state index in [0.29, 0.717) is 10.9 Å². The van der Waals surface area contributed by atoms with Crippen molar-refractivity contribution in [3.05, 3.63) is 50.9 Å². The lowest BCUT2D eigenvalue weighted by Crippen LogP contribution is -2.00. The van der Waals surface area contributed by atoms with E-state index >= 15 is 0 Å². The number of hydrogen-bond acceptors (Lipinski definition) is 2. The van der Waals surface area contributed by atoms with Crippen molar-refractivity contribution >= 4 is 28.6 Å². The van der Waals surface area contributed by atoms with Gasteiger partial charge in [-0.15, -0.1) is 11.3 Å². The zero-order valence-electron chi connectivity index (χ0n) is 8.44. The van der Waals surface area contributed by atoms with Gasteiger partial charge in [0.05, 0.1) is 4.34 Å². The molecule has 0 aliphatic rings. The van der Waals surface area contributed by atoms with Gasteiger partial charge in [0, 0.05) is 29.2 Å². The first kappa shape index (κ1) is 12.3. The standard InChI is InChI=1S/C11H7ClF3NS/c12-10-2-1-7(17-10)5-16-6-3-8(13)11(15)9(14)4-6/h1-4,16H,5H2. The van der Waals surface area contributed by atoms with Crippen molar-refractivity contribution < 1.29 is 13.2 Å². The summed E-state index contributed by atoms with van der Waals surface area (Å²) in [6.45, 7) is 0.377. The normalized spacial score (nSPS) is 10.6. The molecule has 0 saturated carbocycles. The van der Waals surface area contributed by atoms with Gasteiger partial charge < -0.3 is 5.32 Å². The Labute approximate surface area is 105 Å². The largest absolute Gasteiger partial charge is 0.380 e. The van der Waals surface area contributed by atoms with E-state index in [2.05, 4.69) is 5.32 Å². The topological polar surface area (TPSA) is 12.0 Å². The molecule has 0 fully saturated rings. The minimum Gasteiger partial charge on any atom is -0.380 e. The molecule has 1 aromatic heterocycles. The highest BCUT2D eigenvalue weighted by molar-refractivity contribution is 7.16. The van der Waals surface area contributed by atoms with Crippen LogP contribution in [0.2, 0.25) is 4.34 Å². The average molecular weight is 278 g/mol. The van der Waals surface area contributed by atoms with Crippen molar-refractivity contribution in [1.82, 2.24) is 0 Å². The Balaban J connectivity index is 2.09. The maximum absolute atomic E-state index is 12.9. The van der Waals surface area contributed by atoms with Crippen LogP contribution >= 0.6 is 22.9 Å². The first-order valence-corrected chi connectivity index (χ1v) is 5.88. The van der Waals surface area contributed by atoms with Crippen LogP contribution < -0.4 is 5.32 Å². The van der Waals surface area contributed by atoms with Crippen molar-refractivity contribution in [3.63, 3.8) is 0 Å². The summed E-state index contributed by atoms with van der Waals surface area (Å²) in [6.07, 6.45) is 0. The summed E-state index contributed by atoms with van der Waals surface area (Å²) in [5, 5.41) is 2.79. The Hall–Kier alpha value is -1.20. The zero-order valence-corrected chi connectivity index (χ0v) is 10.0. The number of rotatable bonds is 3. The van der Waals surface area contributed by atoms with Gasteiger partial charge >= 0.3 is 0 Å². The molecular weight excluding hydrogens is 271 g/mol. The molecule has 0 atom stereocenters. The molecule has 0 spiro atoms. The van der Waals surface area contributed by atoms with Crippen molar-refractivity contribution in [2.75, 3.05) is 5.32 Å².